The van der Waals surface area contributed by atoms with Gasteiger partial charge in [-0.15, -0.1) is 0 Å². The average molecular weight is 361 g/mol. The second-order valence-electron chi connectivity index (χ2n) is 5.83. The first-order valence-electron chi connectivity index (χ1n) is 7.98. The van der Waals surface area contributed by atoms with Gasteiger partial charge in [-0.2, -0.15) is 0 Å². The number of carbonyl (C=O) groups excluding carboxylic acids is 2. The first kappa shape index (κ1) is 17.2. The van der Waals surface area contributed by atoms with Crippen LogP contribution >= 0.6 is 0 Å². The van der Waals surface area contributed by atoms with Crippen LogP contribution < -0.4 is 14.9 Å². The predicted octanol–water partition coefficient (Wildman–Crippen LogP) is 0.989. The van der Waals surface area contributed by atoms with Gasteiger partial charge < -0.3 is 10.6 Å². The fraction of sp³-hybridized carbons (Fsp3) is 0.294. The Kier molecular flexibility index (Phi) is 4.38. The largest absolute Gasteiger partial charge is 0.355 e. The molecule has 0 radical (unpaired) electrons. The molecule has 0 saturated carbocycles. The molecule has 8 heteroatoms. The normalized spacial score (nSPS) is 15.8. The Bertz CT molecular complexity index is 950. The number of likely N-dealkylation sites (N-methyl/N-ethyl adjacent to an activating group) is 1. The molecule has 0 spiro atoms. The monoisotopic (exact) mass is 361 g/mol. The van der Waals surface area contributed by atoms with Crippen LogP contribution in [0.2, 0.25) is 0 Å². The van der Waals surface area contributed by atoms with Crippen LogP contribution in [0, 0.1) is 0 Å². The molecule has 25 heavy (non-hydrogen) atoms. The molecule has 0 saturated heterocycles. The van der Waals surface area contributed by atoms with Gasteiger partial charge in [-0.25, -0.2) is 8.42 Å². The topological polar surface area (TPSA) is 95.6 Å². The molecule has 0 aliphatic carbocycles. The molecule has 2 aromatic carbocycles. The molecule has 2 N–H and O–H groups in total. The highest BCUT2D eigenvalue weighted by molar-refractivity contribution is 7.93. The Morgan fingerprint density at radius 1 is 1.16 bits per heavy atom. The van der Waals surface area contributed by atoms with Crippen molar-refractivity contribution >= 4 is 38.3 Å². The van der Waals surface area contributed by atoms with Crippen LogP contribution in [0.15, 0.2) is 41.3 Å². The number of hydrogen-bond acceptors (Lipinski definition) is 4. The number of anilines is 1. The molecular formula is C17H19N3O4S. The standard InChI is InChI=1S/C17H19N3O4S/c1-3-18-17(22)11(2)19-15(21)10-20-13-8-4-6-12-7-5-9-14(16(12)13)25(20,23)24/h4-9,11H,3,10H2,1-2H3,(H,18,22)(H,19,21)/t11-/m1/s1. The lowest BCUT2D eigenvalue weighted by Crippen LogP contribution is -2.48. The zero-order valence-electron chi connectivity index (χ0n) is 13.9. The van der Waals surface area contributed by atoms with Crippen molar-refractivity contribution in [3.05, 3.63) is 36.4 Å². The van der Waals surface area contributed by atoms with Crippen LogP contribution in [0.1, 0.15) is 13.8 Å². The maximum Gasteiger partial charge on any atom is 0.265 e. The van der Waals surface area contributed by atoms with Crippen molar-refractivity contribution in [2.24, 2.45) is 0 Å². The van der Waals surface area contributed by atoms with Gasteiger partial charge in [0, 0.05) is 11.9 Å². The lowest BCUT2D eigenvalue weighted by Gasteiger charge is -2.20. The van der Waals surface area contributed by atoms with Crippen molar-refractivity contribution in [3.8, 4) is 0 Å². The summed E-state index contributed by atoms with van der Waals surface area (Å²) in [6.45, 7) is 3.41. The van der Waals surface area contributed by atoms with Crippen LogP contribution in [-0.2, 0) is 19.6 Å². The van der Waals surface area contributed by atoms with Gasteiger partial charge in [0.05, 0.1) is 10.6 Å². The van der Waals surface area contributed by atoms with Gasteiger partial charge >= 0.3 is 0 Å². The number of sulfonamides is 1. The zero-order chi connectivity index (χ0) is 18.2. The number of rotatable bonds is 5. The van der Waals surface area contributed by atoms with Crippen LogP contribution in [0.5, 0.6) is 0 Å². The van der Waals surface area contributed by atoms with E-state index in [0.29, 0.717) is 17.6 Å². The summed E-state index contributed by atoms with van der Waals surface area (Å²) in [5, 5.41) is 6.56. The van der Waals surface area contributed by atoms with E-state index in [9.17, 15) is 18.0 Å². The molecule has 1 heterocycles. The highest BCUT2D eigenvalue weighted by Crippen LogP contribution is 2.41. The molecule has 0 bridgehead atoms. The molecule has 2 aromatic rings. The number of benzene rings is 2. The summed E-state index contributed by atoms with van der Waals surface area (Å²) in [5.74, 6) is -0.849. The van der Waals surface area contributed by atoms with Crippen LogP contribution in [0.25, 0.3) is 10.8 Å². The Labute approximate surface area is 146 Å². The summed E-state index contributed by atoms with van der Waals surface area (Å²) in [6, 6.07) is 9.57. The van der Waals surface area contributed by atoms with Crippen LogP contribution in [-0.4, -0.2) is 39.4 Å². The van der Waals surface area contributed by atoms with Crippen molar-refractivity contribution < 1.29 is 18.0 Å². The van der Waals surface area contributed by atoms with E-state index >= 15 is 0 Å². The lowest BCUT2D eigenvalue weighted by atomic mass is 10.1. The van der Waals surface area contributed by atoms with Gasteiger partial charge in [0.15, 0.2) is 0 Å². The van der Waals surface area contributed by atoms with Crippen molar-refractivity contribution in [3.63, 3.8) is 0 Å². The Morgan fingerprint density at radius 2 is 1.84 bits per heavy atom. The average Bonchev–Trinajstić information content (AvgIpc) is 2.78. The van der Waals surface area contributed by atoms with E-state index in [1.54, 1.807) is 32.0 Å². The maximum absolute atomic E-state index is 12.8. The summed E-state index contributed by atoms with van der Waals surface area (Å²) in [7, 11) is -3.79. The first-order valence-corrected chi connectivity index (χ1v) is 9.42. The minimum absolute atomic E-state index is 0.199. The molecule has 0 aromatic heterocycles. The van der Waals surface area contributed by atoms with Crippen molar-refractivity contribution in [1.82, 2.24) is 10.6 Å². The highest BCUT2D eigenvalue weighted by Gasteiger charge is 2.36. The summed E-state index contributed by atoms with van der Waals surface area (Å²) in [4.78, 5) is 24.2. The third-order valence-corrected chi connectivity index (χ3v) is 5.89. The van der Waals surface area contributed by atoms with E-state index in [1.165, 1.54) is 6.07 Å². The van der Waals surface area contributed by atoms with Gasteiger partial charge in [-0.05, 0) is 31.4 Å². The Morgan fingerprint density at radius 3 is 2.52 bits per heavy atom. The second-order valence-corrected chi connectivity index (χ2v) is 7.66. The Hall–Kier alpha value is -2.61. The van der Waals surface area contributed by atoms with Crippen molar-refractivity contribution in [2.75, 3.05) is 17.4 Å². The van der Waals surface area contributed by atoms with E-state index in [2.05, 4.69) is 10.6 Å². The summed E-state index contributed by atoms with van der Waals surface area (Å²) in [5.41, 5.74) is 0.480. The lowest BCUT2D eigenvalue weighted by molar-refractivity contribution is -0.127. The molecule has 1 aliphatic rings. The van der Waals surface area contributed by atoms with E-state index in [1.807, 2.05) is 12.1 Å². The minimum Gasteiger partial charge on any atom is -0.355 e. The van der Waals surface area contributed by atoms with E-state index in [0.717, 1.165) is 9.69 Å². The van der Waals surface area contributed by atoms with Crippen molar-refractivity contribution in [1.29, 1.82) is 0 Å². The van der Waals surface area contributed by atoms with Crippen LogP contribution in [0.4, 0.5) is 5.69 Å². The van der Waals surface area contributed by atoms with Crippen molar-refractivity contribution in [2.45, 2.75) is 24.8 Å². The Balaban J connectivity index is 1.86. The number of carbonyl (C=O) groups is 2. The van der Waals surface area contributed by atoms with E-state index in [-0.39, 0.29) is 17.3 Å². The van der Waals surface area contributed by atoms with E-state index in [4.69, 9.17) is 0 Å². The summed E-state index contributed by atoms with van der Waals surface area (Å²) in [6.07, 6.45) is 0. The summed E-state index contributed by atoms with van der Waals surface area (Å²) >= 11 is 0. The van der Waals surface area contributed by atoms with Gasteiger partial charge in [0.25, 0.3) is 10.0 Å². The SMILES string of the molecule is CCNC(=O)[C@@H](C)NC(=O)CN1c2cccc3cccc(c23)S1(=O)=O. The van der Waals surface area contributed by atoms with Gasteiger partial charge in [-0.3, -0.25) is 13.9 Å². The fourth-order valence-electron chi connectivity index (χ4n) is 2.94. The molecule has 0 fully saturated rings. The smallest absolute Gasteiger partial charge is 0.265 e. The fourth-order valence-corrected chi connectivity index (χ4v) is 4.61. The maximum atomic E-state index is 12.8. The van der Waals surface area contributed by atoms with Crippen LogP contribution in [0.3, 0.4) is 0 Å². The molecule has 1 aliphatic heterocycles. The van der Waals surface area contributed by atoms with Gasteiger partial charge in [0.1, 0.15) is 12.6 Å². The number of nitrogens with zero attached hydrogens (tertiary/aromatic N) is 1. The van der Waals surface area contributed by atoms with Gasteiger partial charge in [-0.1, -0.05) is 24.3 Å². The number of nitrogens with one attached hydrogen (secondary N) is 2. The summed E-state index contributed by atoms with van der Waals surface area (Å²) < 4.78 is 26.7. The third kappa shape index (κ3) is 2.93. The second kappa shape index (κ2) is 6.36. The minimum atomic E-state index is -3.79. The predicted molar refractivity (Wildman–Crippen MR) is 94.8 cm³/mol. The molecule has 0 unspecified atom stereocenters. The molecule has 3 rings (SSSR count). The van der Waals surface area contributed by atoms with E-state index < -0.39 is 22.0 Å². The molecule has 7 nitrogen and oxygen atoms in total. The molecule has 2 amide bonds. The quantitative estimate of drug-likeness (QED) is 0.830. The first-order chi connectivity index (χ1) is 11.9. The highest BCUT2D eigenvalue weighted by atomic mass is 32.2. The zero-order valence-corrected chi connectivity index (χ0v) is 14.8. The number of hydrogen-bond donors (Lipinski definition) is 2. The molecule has 132 valence electrons. The van der Waals surface area contributed by atoms with Gasteiger partial charge in [0.2, 0.25) is 11.8 Å². The third-order valence-electron chi connectivity index (χ3n) is 4.09. The molecular weight excluding hydrogens is 342 g/mol. The molecule has 1 atom stereocenters. The number of amides is 2.